The van der Waals surface area contributed by atoms with E-state index in [0.29, 0.717) is 18.4 Å². The third-order valence-corrected chi connectivity index (χ3v) is 4.95. The van der Waals surface area contributed by atoms with Crippen molar-refractivity contribution in [2.75, 3.05) is 24.6 Å². The number of hydrogen-bond donors (Lipinski definition) is 3. The van der Waals surface area contributed by atoms with Crippen LogP contribution in [0.5, 0.6) is 11.5 Å². The maximum absolute atomic E-state index is 12.0. The predicted octanol–water partition coefficient (Wildman–Crippen LogP) is 1.82. The van der Waals surface area contributed by atoms with Crippen LogP contribution in [0.3, 0.4) is 0 Å². The smallest absolute Gasteiger partial charge is 0.487 e. The van der Waals surface area contributed by atoms with Crippen molar-refractivity contribution in [3.05, 3.63) is 17.7 Å². The van der Waals surface area contributed by atoms with Crippen LogP contribution in [0.4, 0.5) is 18.9 Å². The summed E-state index contributed by atoms with van der Waals surface area (Å²) in [5, 5.41) is 14.5. The summed E-state index contributed by atoms with van der Waals surface area (Å²) in [7, 11) is 0. The Hall–Kier alpha value is -3.02. The SMILES string of the molecule is CC(C)c1cc2c(cc1OC1CNC1)N1C(=NNC(=O)C1C)CO2.O=C(O)C(F)(F)F. The molecular weight excluding hydrogens is 421 g/mol. The molecule has 0 bridgehead atoms. The number of halogens is 3. The summed E-state index contributed by atoms with van der Waals surface area (Å²) in [5.74, 6) is -0.212. The highest BCUT2D eigenvalue weighted by atomic mass is 19.4. The molecule has 0 saturated carbocycles. The van der Waals surface area contributed by atoms with Crippen LogP contribution in [-0.2, 0) is 9.59 Å². The van der Waals surface area contributed by atoms with E-state index in [2.05, 4.69) is 29.7 Å². The van der Waals surface area contributed by atoms with Gasteiger partial charge in [0.2, 0.25) is 0 Å². The lowest BCUT2D eigenvalue weighted by atomic mass is 9.99. The van der Waals surface area contributed by atoms with Gasteiger partial charge in [0.05, 0.1) is 5.69 Å². The van der Waals surface area contributed by atoms with Gasteiger partial charge in [-0.1, -0.05) is 13.8 Å². The normalized spacial score (nSPS) is 20.2. The first-order chi connectivity index (χ1) is 14.5. The largest absolute Gasteiger partial charge is 0.490 e. The van der Waals surface area contributed by atoms with Crippen molar-refractivity contribution in [3.8, 4) is 11.5 Å². The lowest BCUT2D eigenvalue weighted by Gasteiger charge is -2.39. The van der Waals surface area contributed by atoms with Gasteiger partial charge in [0, 0.05) is 24.7 Å². The number of amidine groups is 1. The number of anilines is 1. The van der Waals surface area contributed by atoms with E-state index < -0.39 is 12.1 Å². The van der Waals surface area contributed by atoms with E-state index in [1.165, 1.54) is 0 Å². The Balaban J connectivity index is 0.000000339. The average molecular weight is 444 g/mol. The number of aliphatic carboxylic acids is 1. The van der Waals surface area contributed by atoms with Gasteiger partial charge in [-0.15, -0.1) is 0 Å². The molecule has 3 heterocycles. The topological polar surface area (TPSA) is 112 Å². The van der Waals surface area contributed by atoms with Crippen molar-refractivity contribution in [3.63, 3.8) is 0 Å². The summed E-state index contributed by atoms with van der Waals surface area (Å²) in [4.78, 5) is 22.8. The molecule has 0 spiro atoms. The number of benzene rings is 1. The van der Waals surface area contributed by atoms with Crippen LogP contribution in [0.1, 0.15) is 32.3 Å². The highest BCUT2D eigenvalue weighted by molar-refractivity contribution is 6.09. The van der Waals surface area contributed by atoms with Gasteiger partial charge in [-0.25, -0.2) is 10.2 Å². The number of rotatable bonds is 3. The van der Waals surface area contributed by atoms with Gasteiger partial charge in [0.15, 0.2) is 5.84 Å². The fourth-order valence-corrected chi connectivity index (χ4v) is 3.15. The number of nitrogens with one attached hydrogen (secondary N) is 2. The molecule has 0 radical (unpaired) electrons. The van der Waals surface area contributed by atoms with Crippen molar-refractivity contribution in [2.45, 2.75) is 45.0 Å². The van der Waals surface area contributed by atoms with E-state index in [4.69, 9.17) is 19.4 Å². The number of carboxylic acids is 1. The second kappa shape index (κ2) is 8.61. The van der Waals surface area contributed by atoms with Crippen LogP contribution in [0.25, 0.3) is 0 Å². The molecule has 31 heavy (non-hydrogen) atoms. The first-order valence-electron chi connectivity index (χ1n) is 9.63. The standard InChI is InChI=1S/C17H22N4O3.C2HF3O2/c1-9(2)12-4-15-13(5-14(12)24-11-6-18-7-11)21-10(3)17(22)20-19-16(21)8-23-15;3-2(4,5)1(6)7/h4-5,9-11,18H,6-8H2,1-3H3,(H,20,22);(H,6,7). The fourth-order valence-electron chi connectivity index (χ4n) is 3.15. The summed E-state index contributed by atoms with van der Waals surface area (Å²) in [6.45, 7) is 8.22. The Bertz CT molecular complexity index is 899. The molecule has 3 N–H and O–H groups in total. The number of nitrogens with zero attached hydrogens (tertiary/aromatic N) is 2. The second-order valence-corrected chi connectivity index (χ2v) is 7.55. The minimum absolute atomic E-state index is 0.120. The Labute approximate surface area is 176 Å². The molecule has 1 aromatic rings. The van der Waals surface area contributed by atoms with Gasteiger partial charge < -0.3 is 24.8 Å². The van der Waals surface area contributed by atoms with Crippen LogP contribution < -0.4 is 25.1 Å². The average Bonchev–Trinajstić information content (AvgIpc) is 2.66. The predicted molar refractivity (Wildman–Crippen MR) is 105 cm³/mol. The quantitative estimate of drug-likeness (QED) is 0.652. The second-order valence-electron chi connectivity index (χ2n) is 7.55. The molecular formula is C19H23F3N4O5. The van der Waals surface area contributed by atoms with Crippen molar-refractivity contribution in [1.29, 1.82) is 0 Å². The van der Waals surface area contributed by atoms with E-state index in [0.717, 1.165) is 35.8 Å². The molecule has 4 rings (SSSR count). The zero-order valence-electron chi connectivity index (χ0n) is 17.1. The van der Waals surface area contributed by atoms with Crippen LogP contribution in [0, 0.1) is 0 Å². The Morgan fingerprint density at radius 1 is 1.35 bits per heavy atom. The number of amides is 1. The molecule has 170 valence electrons. The first-order valence-corrected chi connectivity index (χ1v) is 9.63. The maximum atomic E-state index is 12.0. The molecule has 3 aliphatic rings. The van der Waals surface area contributed by atoms with E-state index in [1.54, 1.807) is 0 Å². The summed E-state index contributed by atoms with van der Waals surface area (Å²) >= 11 is 0. The molecule has 1 aromatic carbocycles. The molecule has 1 fully saturated rings. The van der Waals surface area contributed by atoms with E-state index >= 15 is 0 Å². The molecule has 1 amide bonds. The lowest BCUT2D eigenvalue weighted by Crippen LogP contribution is -2.55. The first kappa shape index (κ1) is 22.7. The summed E-state index contributed by atoms with van der Waals surface area (Å²) in [6, 6.07) is 3.70. The highest BCUT2D eigenvalue weighted by Crippen LogP contribution is 2.42. The summed E-state index contributed by atoms with van der Waals surface area (Å²) in [5.41, 5.74) is 4.51. The highest BCUT2D eigenvalue weighted by Gasteiger charge is 2.38. The number of ether oxygens (including phenoxy) is 2. The number of carboxylic acid groups (broad SMARTS) is 1. The molecule has 1 atom stereocenters. The van der Waals surface area contributed by atoms with E-state index in [1.807, 2.05) is 24.0 Å². The Kier molecular flexibility index (Phi) is 6.30. The minimum atomic E-state index is -5.08. The van der Waals surface area contributed by atoms with Crippen molar-refractivity contribution >= 4 is 23.4 Å². The van der Waals surface area contributed by atoms with Crippen LogP contribution in [0.2, 0.25) is 0 Å². The van der Waals surface area contributed by atoms with Gasteiger partial charge in [-0.2, -0.15) is 18.3 Å². The monoisotopic (exact) mass is 444 g/mol. The zero-order valence-corrected chi connectivity index (χ0v) is 17.1. The number of hydrazone groups is 1. The van der Waals surface area contributed by atoms with Gasteiger partial charge in [0.25, 0.3) is 5.91 Å². The van der Waals surface area contributed by atoms with E-state index in [9.17, 15) is 18.0 Å². The van der Waals surface area contributed by atoms with Crippen molar-refractivity contribution in [2.24, 2.45) is 5.10 Å². The van der Waals surface area contributed by atoms with Crippen molar-refractivity contribution < 1.29 is 37.3 Å². The van der Waals surface area contributed by atoms with Gasteiger partial charge >= 0.3 is 12.1 Å². The van der Waals surface area contributed by atoms with Gasteiger partial charge in [-0.05, 0) is 18.9 Å². The lowest BCUT2D eigenvalue weighted by molar-refractivity contribution is -0.192. The van der Waals surface area contributed by atoms with Gasteiger partial charge in [-0.3, -0.25) is 4.79 Å². The molecule has 1 saturated heterocycles. The van der Waals surface area contributed by atoms with Crippen molar-refractivity contribution in [1.82, 2.24) is 10.7 Å². The molecule has 0 aromatic heterocycles. The molecule has 3 aliphatic heterocycles. The maximum Gasteiger partial charge on any atom is 0.490 e. The molecule has 12 heteroatoms. The number of alkyl halides is 3. The van der Waals surface area contributed by atoms with Crippen LogP contribution in [0.15, 0.2) is 17.2 Å². The Morgan fingerprint density at radius 3 is 2.52 bits per heavy atom. The molecule has 9 nitrogen and oxygen atoms in total. The van der Waals surface area contributed by atoms with Crippen LogP contribution >= 0.6 is 0 Å². The molecule has 1 unspecified atom stereocenters. The van der Waals surface area contributed by atoms with Gasteiger partial charge in [0.1, 0.15) is 30.3 Å². The fraction of sp³-hybridized carbons (Fsp3) is 0.526. The molecule has 0 aliphatic carbocycles. The van der Waals surface area contributed by atoms with E-state index in [-0.39, 0.29) is 18.1 Å². The number of fused-ring (bicyclic) bond motifs is 3. The third kappa shape index (κ3) is 4.84. The third-order valence-electron chi connectivity index (χ3n) is 4.95. The number of carbonyl (C=O) groups is 2. The Morgan fingerprint density at radius 2 is 2.00 bits per heavy atom. The summed E-state index contributed by atoms with van der Waals surface area (Å²) < 4.78 is 43.8. The minimum Gasteiger partial charge on any atom is -0.487 e. The van der Waals surface area contributed by atoms with Crippen LogP contribution in [-0.4, -0.2) is 60.8 Å². The zero-order chi connectivity index (χ0) is 22.9. The number of carbonyl (C=O) groups excluding carboxylic acids is 1. The summed E-state index contributed by atoms with van der Waals surface area (Å²) in [6.07, 6.45) is -4.89. The number of hydrogen-bond acceptors (Lipinski definition) is 7.